The third kappa shape index (κ3) is 6.37. The van der Waals surface area contributed by atoms with Gasteiger partial charge in [-0.05, 0) is 43.7 Å². The number of ketones is 1. The first kappa shape index (κ1) is 20.9. The molecule has 2 aromatic rings. The van der Waals surface area contributed by atoms with E-state index in [2.05, 4.69) is 5.32 Å². The van der Waals surface area contributed by atoms with Crippen molar-refractivity contribution in [3.8, 4) is 0 Å². The molecule has 2 aromatic carbocycles. The molecule has 0 aliphatic carbocycles. The lowest BCUT2D eigenvalue weighted by Crippen LogP contribution is -2.31. The fraction of sp³-hybridized carbons (Fsp3) is 0.263. The number of hydrogen-bond donors (Lipinski definition) is 1. The fourth-order valence-corrected chi connectivity index (χ4v) is 3.68. The molecule has 8 heteroatoms. The van der Waals surface area contributed by atoms with Gasteiger partial charge in [-0.3, -0.25) is 13.9 Å². The maximum Gasteiger partial charge on any atom is 0.232 e. The number of halogens is 1. The zero-order valence-corrected chi connectivity index (χ0v) is 16.7. The van der Waals surface area contributed by atoms with Gasteiger partial charge in [-0.25, -0.2) is 8.42 Å². The highest BCUT2D eigenvalue weighted by atomic mass is 35.5. The Bertz CT molecular complexity index is 944. The maximum atomic E-state index is 12.1. The fourth-order valence-electron chi connectivity index (χ4n) is 2.54. The average Bonchev–Trinajstić information content (AvgIpc) is 2.57. The number of carbonyl (C=O) groups is 2. The summed E-state index contributed by atoms with van der Waals surface area (Å²) in [6, 6.07) is 13.2. The predicted molar refractivity (Wildman–Crippen MR) is 108 cm³/mol. The summed E-state index contributed by atoms with van der Waals surface area (Å²) in [6.07, 6.45) is 1.58. The molecule has 0 aliphatic rings. The van der Waals surface area contributed by atoms with Gasteiger partial charge in [0, 0.05) is 29.2 Å². The van der Waals surface area contributed by atoms with Gasteiger partial charge in [-0.2, -0.15) is 0 Å². The van der Waals surface area contributed by atoms with Crippen LogP contribution in [0.1, 0.15) is 30.1 Å². The van der Waals surface area contributed by atoms with E-state index in [-0.39, 0.29) is 24.7 Å². The van der Waals surface area contributed by atoms with Crippen molar-refractivity contribution >= 4 is 44.7 Å². The second-order valence-electron chi connectivity index (χ2n) is 6.10. The summed E-state index contributed by atoms with van der Waals surface area (Å²) < 4.78 is 25.3. The number of sulfonamides is 1. The van der Waals surface area contributed by atoms with Crippen molar-refractivity contribution in [2.45, 2.75) is 19.8 Å². The lowest BCUT2D eigenvalue weighted by Gasteiger charge is -2.22. The minimum absolute atomic E-state index is 0.0867. The Balaban J connectivity index is 1.97. The molecule has 0 radical (unpaired) electrons. The summed E-state index contributed by atoms with van der Waals surface area (Å²) in [4.78, 5) is 23.5. The van der Waals surface area contributed by atoms with Gasteiger partial charge in [0.15, 0.2) is 5.78 Å². The first-order valence-corrected chi connectivity index (χ1v) is 10.5. The van der Waals surface area contributed by atoms with Crippen LogP contribution in [-0.4, -0.2) is 32.9 Å². The van der Waals surface area contributed by atoms with Gasteiger partial charge in [-0.1, -0.05) is 29.8 Å². The van der Waals surface area contributed by atoms with Gasteiger partial charge in [0.1, 0.15) is 0 Å². The molecule has 6 nitrogen and oxygen atoms in total. The van der Waals surface area contributed by atoms with Gasteiger partial charge in [0.05, 0.1) is 11.9 Å². The molecule has 0 bridgehead atoms. The zero-order chi connectivity index (χ0) is 20.0. The molecule has 0 heterocycles. The van der Waals surface area contributed by atoms with Crippen molar-refractivity contribution in [2.24, 2.45) is 0 Å². The van der Waals surface area contributed by atoms with Crippen molar-refractivity contribution in [2.75, 3.05) is 22.4 Å². The largest absolute Gasteiger partial charge is 0.326 e. The third-order valence-electron chi connectivity index (χ3n) is 3.81. The van der Waals surface area contributed by atoms with Crippen LogP contribution in [0.2, 0.25) is 5.02 Å². The van der Waals surface area contributed by atoms with Crippen LogP contribution in [0.4, 0.5) is 11.4 Å². The topological polar surface area (TPSA) is 83.6 Å². The highest BCUT2D eigenvalue weighted by Crippen LogP contribution is 2.22. The molecule has 0 fully saturated rings. The van der Waals surface area contributed by atoms with Crippen LogP contribution in [0.3, 0.4) is 0 Å². The third-order valence-corrected chi connectivity index (χ3v) is 5.24. The lowest BCUT2D eigenvalue weighted by atomic mass is 10.1. The Kier molecular flexibility index (Phi) is 6.98. The van der Waals surface area contributed by atoms with Gasteiger partial charge in [0.25, 0.3) is 0 Å². The Labute approximate surface area is 164 Å². The van der Waals surface area contributed by atoms with E-state index in [1.54, 1.807) is 48.5 Å². The maximum absolute atomic E-state index is 12.1. The zero-order valence-electron chi connectivity index (χ0n) is 15.1. The first-order valence-electron chi connectivity index (χ1n) is 8.31. The number of nitrogens with zero attached hydrogens (tertiary/aromatic N) is 1. The van der Waals surface area contributed by atoms with Gasteiger partial charge < -0.3 is 5.32 Å². The Hall–Kier alpha value is -2.38. The molecule has 2 rings (SSSR count). The van der Waals surface area contributed by atoms with E-state index in [0.717, 1.165) is 6.26 Å². The molecule has 1 amide bonds. The van der Waals surface area contributed by atoms with E-state index >= 15 is 0 Å². The van der Waals surface area contributed by atoms with Crippen molar-refractivity contribution in [1.82, 2.24) is 0 Å². The molecule has 0 aliphatic heterocycles. The number of hydrogen-bond acceptors (Lipinski definition) is 4. The molecule has 0 saturated carbocycles. The number of amides is 1. The number of nitrogens with one attached hydrogen (secondary N) is 1. The van der Waals surface area contributed by atoms with E-state index in [4.69, 9.17) is 11.6 Å². The molecule has 0 spiro atoms. The van der Waals surface area contributed by atoms with Crippen LogP contribution < -0.4 is 9.62 Å². The van der Waals surface area contributed by atoms with Crippen molar-refractivity contribution in [3.63, 3.8) is 0 Å². The highest BCUT2D eigenvalue weighted by Gasteiger charge is 2.18. The van der Waals surface area contributed by atoms with Crippen molar-refractivity contribution < 1.29 is 18.0 Å². The van der Waals surface area contributed by atoms with E-state index < -0.39 is 10.0 Å². The summed E-state index contributed by atoms with van der Waals surface area (Å²) in [7, 11) is -3.50. The van der Waals surface area contributed by atoms with Gasteiger partial charge in [0.2, 0.25) is 15.9 Å². The summed E-state index contributed by atoms with van der Waals surface area (Å²) in [6.45, 7) is 1.61. The molecule has 1 N–H and O–H groups in total. The summed E-state index contributed by atoms with van der Waals surface area (Å²) in [5.74, 6) is -0.341. The molecule has 144 valence electrons. The van der Waals surface area contributed by atoms with Crippen molar-refractivity contribution in [1.29, 1.82) is 0 Å². The summed E-state index contributed by atoms with van der Waals surface area (Å²) >= 11 is 5.94. The number of rotatable bonds is 8. The van der Waals surface area contributed by atoms with E-state index in [1.807, 2.05) is 0 Å². The highest BCUT2D eigenvalue weighted by molar-refractivity contribution is 7.92. The lowest BCUT2D eigenvalue weighted by molar-refractivity contribution is -0.116. The number of benzene rings is 2. The van der Waals surface area contributed by atoms with Crippen LogP contribution in [-0.2, 0) is 14.8 Å². The molecular weight excluding hydrogens is 388 g/mol. The van der Waals surface area contributed by atoms with Gasteiger partial charge in [-0.15, -0.1) is 0 Å². The summed E-state index contributed by atoms with van der Waals surface area (Å²) in [5, 5.41) is 3.15. The Morgan fingerprint density at radius 2 is 1.81 bits per heavy atom. The first-order chi connectivity index (χ1) is 12.7. The minimum Gasteiger partial charge on any atom is -0.326 e. The molecular formula is C19H21ClN2O4S. The van der Waals surface area contributed by atoms with E-state index in [1.165, 1.54) is 11.2 Å². The molecule has 0 aromatic heterocycles. The number of Topliss-reactive ketones (excluding diaryl/α,β-unsaturated/α-hetero) is 1. The Morgan fingerprint density at radius 1 is 1.11 bits per heavy atom. The number of anilines is 2. The van der Waals surface area contributed by atoms with Crippen LogP contribution in [0.25, 0.3) is 0 Å². The predicted octanol–water partition coefficient (Wildman–Crippen LogP) is 3.73. The normalized spacial score (nSPS) is 11.1. The molecule has 0 unspecified atom stereocenters. The molecule has 27 heavy (non-hydrogen) atoms. The smallest absolute Gasteiger partial charge is 0.232 e. The summed E-state index contributed by atoms with van der Waals surface area (Å²) in [5.41, 5.74) is 1.50. The van der Waals surface area contributed by atoms with E-state index in [9.17, 15) is 18.0 Å². The van der Waals surface area contributed by atoms with Crippen LogP contribution in [0.5, 0.6) is 0 Å². The van der Waals surface area contributed by atoms with Crippen LogP contribution >= 0.6 is 11.6 Å². The van der Waals surface area contributed by atoms with Crippen LogP contribution in [0, 0.1) is 0 Å². The minimum atomic E-state index is -3.50. The number of carbonyl (C=O) groups excluding carboxylic acids is 2. The van der Waals surface area contributed by atoms with Crippen LogP contribution in [0.15, 0.2) is 48.5 Å². The standard InChI is InChI=1S/C19H21ClN2O4S/c1-14(23)15-6-3-8-17(12-15)21-19(24)10-5-11-22(27(2,25)26)18-9-4-7-16(20)13-18/h3-4,6-9,12-13H,5,10-11H2,1-2H3,(H,21,24). The van der Waals surface area contributed by atoms with E-state index in [0.29, 0.717) is 28.4 Å². The van der Waals surface area contributed by atoms with Crippen molar-refractivity contribution in [3.05, 3.63) is 59.1 Å². The monoisotopic (exact) mass is 408 g/mol. The average molecular weight is 409 g/mol. The second kappa shape index (κ2) is 9.01. The molecule has 0 atom stereocenters. The van der Waals surface area contributed by atoms with Gasteiger partial charge >= 0.3 is 0 Å². The SMILES string of the molecule is CC(=O)c1cccc(NC(=O)CCCN(c2cccc(Cl)c2)S(C)(=O)=O)c1. The Morgan fingerprint density at radius 3 is 2.44 bits per heavy atom. The second-order valence-corrected chi connectivity index (χ2v) is 8.45. The quantitative estimate of drug-likeness (QED) is 0.674. The molecule has 0 saturated heterocycles.